The molecule has 1 aliphatic rings. The van der Waals surface area contributed by atoms with Gasteiger partial charge in [-0.05, 0) is 30.5 Å². The second-order valence-corrected chi connectivity index (χ2v) is 8.03. The molecule has 0 saturated carbocycles. The van der Waals surface area contributed by atoms with E-state index >= 15 is 0 Å². The van der Waals surface area contributed by atoms with Crippen LogP contribution in [0.4, 0.5) is 0 Å². The first-order chi connectivity index (χ1) is 11.7. The molecule has 0 spiro atoms. The Kier molecular flexibility index (Phi) is 11.5. The first-order valence-corrected chi connectivity index (χ1v) is 11.5. The molecule has 2 atom stereocenters. The zero-order chi connectivity index (χ0) is 17.8. The molecule has 0 saturated heterocycles. The first kappa shape index (κ1) is 21.5. The van der Waals surface area contributed by atoms with Crippen molar-refractivity contribution in [3.8, 4) is 11.5 Å². The topological polar surface area (TPSA) is 35.5 Å². The number of halogens is 1. The molecule has 1 aliphatic heterocycles. The summed E-state index contributed by atoms with van der Waals surface area (Å²) in [7, 11) is 1.70. The van der Waals surface area contributed by atoms with Crippen molar-refractivity contribution in [2.75, 3.05) is 12.5 Å². The van der Waals surface area contributed by atoms with E-state index in [1.54, 1.807) is 0 Å². The highest BCUT2D eigenvalue weighted by Crippen LogP contribution is 2.33. The number of rotatable bonds is 10. The third-order valence-electron chi connectivity index (χ3n) is 4.11. The van der Waals surface area contributed by atoms with Crippen LogP contribution < -0.4 is 9.47 Å². The van der Waals surface area contributed by atoms with E-state index in [1.807, 2.05) is 18.2 Å². The Hall–Kier alpha value is -0.523. The molecular weight excluding hydrogens is 360 g/mol. The molecule has 0 aliphatic carbocycles. The maximum Gasteiger partial charge on any atom is 0.231 e. The molecule has 0 fully saturated rings. The molecule has 24 heavy (non-hydrogen) atoms. The second-order valence-electron chi connectivity index (χ2n) is 6.05. The third kappa shape index (κ3) is 7.58. The summed E-state index contributed by atoms with van der Waals surface area (Å²) in [6, 6.07) is 6.01. The zero-order valence-electron chi connectivity index (χ0n) is 14.7. The van der Waals surface area contributed by atoms with Crippen molar-refractivity contribution >= 4 is 31.4 Å². The van der Waals surface area contributed by atoms with E-state index in [0.29, 0.717) is 6.79 Å². The average Bonchev–Trinajstić information content (AvgIpc) is 3.07. The lowest BCUT2D eigenvalue weighted by Crippen LogP contribution is -2.16. The fourth-order valence-corrected chi connectivity index (χ4v) is 3.99. The predicted octanol–water partition coefficient (Wildman–Crippen LogP) is 4.76. The minimum absolute atomic E-state index is 0.191. The van der Waals surface area contributed by atoms with Gasteiger partial charge >= 0.3 is 0 Å². The summed E-state index contributed by atoms with van der Waals surface area (Å²) >= 11 is 4.44. The van der Waals surface area contributed by atoms with Crippen LogP contribution in [0.25, 0.3) is 0 Å². The Morgan fingerprint density at radius 3 is 2.54 bits per heavy atom. The van der Waals surface area contributed by atoms with Crippen LogP contribution in [0.2, 0.25) is 0 Å². The molecule has 1 heterocycles. The van der Waals surface area contributed by atoms with Gasteiger partial charge in [0.05, 0.1) is 0 Å². The van der Waals surface area contributed by atoms with Crippen LogP contribution in [0.5, 0.6) is 11.5 Å². The van der Waals surface area contributed by atoms with Crippen LogP contribution >= 0.6 is 11.1 Å². The van der Waals surface area contributed by atoms with Gasteiger partial charge in [-0.2, -0.15) is 11.1 Å². The van der Waals surface area contributed by atoms with Crippen molar-refractivity contribution in [3.05, 3.63) is 23.8 Å². The SMILES string of the molecule is CCCCCCCCS(=O)C(C)Cc1ccc2c(c1)OCO2.[Si]Cl. The van der Waals surface area contributed by atoms with Crippen LogP contribution in [-0.2, 0) is 17.2 Å². The van der Waals surface area contributed by atoms with Crippen molar-refractivity contribution in [3.63, 3.8) is 0 Å². The summed E-state index contributed by atoms with van der Waals surface area (Å²) in [6.45, 7) is 4.61. The standard InChI is InChI=1S/C18H28O3S.ClSi/c1-3-4-5-6-7-8-11-22(19)15(2)12-16-9-10-17-18(13-16)21-14-20-17;1-2/h9-10,13,15H,3-8,11-12,14H2,1-2H3;. The number of hydrogen-bond acceptors (Lipinski definition) is 3. The number of unbranched alkanes of at least 4 members (excludes halogenated alkanes) is 5. The first-order valence-electron chi connectivity index (χ1n) is 8.65. The third-order valence-corrected chi connectivity index (χ3v) is 5.86. The van der Waals surface area contributed by atoms with E-state index < -0.39 is 10.8 Å². The average molecular weight is 388 g/mol. The number of benzene rings is 1. The summed E-state index contributed by atoms with van der Waals surface area (Å²) in [5.41, 5.74) is 1.17. The Labute approximate surface area is 157 Å². The van der Waals surface area contributed by atoms with Gasteiger partial charge in [-0.1, -0.05) is 52.0 Å². The molecule has 3 radical (unpaired) electrons. The van der Waals surface area contributed by atoms with Gasteiger partial charge < -0.3 is 9.47 Å². The van der Waals surface area contributed by atoms with Crippen molar-refractivity contribution < 1.29 is 13.7 Å². The normalized spacial score (nSPS) is 14.7. The van der Waals surface area contributed by atoms with Crippen LogP contribution in [-0.4, -0.2) is 31.6 Å². The fourth-order valence-electron chi connectivity index (χ4n) is 2.72. The summed E-state index contributed by atoms with van der Waals surface area (Å²) in [4.78, 5) is 0. The van der Waals surface area contributed by atoms with E-state index in [2.05, 4.69) is 34.5 Å². The molecule has 6 heteroatoms. The quantitative estimate of drug-likeness (QED) is 0.329. The Bertz CT molecular complexity index is 499. The van der Waals surface area contributed by atoms with Crippen LogP contribution in [0.3, 0.4) is 0 Å². The lowest BCUT2D eigenvalue weighted by Gasteiger charge is -2.12. The van der Waals surface area contributed by atoms with E-state index in [1.165, 1.54) is 37.7 Å². The largest absolute Gasteiger partial charge is 0.454 e. The number of ether oxygens (including phenoxy) is 2. The summed E-state index contributed by atoms with van der Waals surface area (Å²) in [6.07, 6.45) is 8.32. The highest BCUT2D eigenvalue weighted by molar-refractivity contribution is 7.85. The maximum absolute atomic E-state index is 12.3. The highest BCUT2D eigenvalue weighted by atomic mass is 35.6. The van der Waals surface area contributed by atoms with Gasteiger partial charge in [0.25, 0.3) is 0 Å². The highest BCUT2D eigenvalue weighted by Gasteiger charge is 2.16. The molecule has 1 aromatic rings. The lowest BCUT2D eigenvalue weighted by atomic mass is 10.1. The Balaban J connectivity index is 0.00000139. The van der Waals surface area contributed by atoms with Crippen LogP contribution in [0.1, 0.15) is 57.9 Å². The molecule has 0 aromatic heterocycles. The smallest absolute Gasteiger partial charge is 0.231 e. The van der Waals surface area contributed by atoms with Gasteiger partial charge in [0.2, 0.25) is 6.79 Å². The van der Waals surface area contributed by atoms with E-state index in [-0.39, 0.29) is 5.25 Å². The van der Waals surface area contributed by atoms with Gasteiger partial charge in [-0.15, -0.1) is 0 Å². The molecule has 0 amide bonds. The molecular formula is C18H28ClO3SSi. The second kappa shape index (κ2) is 12.8. The van der Waals surface area contributed by atoms with E-state index in [4.69, 9.17) is 9.47 Å². The zero-order valence-corrected chi connectivity index (χ0v) is 17.3. The summed E-state index contributed by atoms with van der Waals surface area (Å²) in [5.74, 6) is 2.45. The van der Waals surface area contributed by atoms with Crippen LogP contribution in [0.15, 0.2) is 18.2 Å². The maximum atomic E-state index is 12.3. The molecule has 3 nitrogen and oxygen atoms in total. The Morgan fingerprint density at radius 1 is 1.12 bits per heavy atom. The molecule has 0 N–H and O–H groups in total. The van der Waals surface area contributed by atoms with Gasteiger partial charge in [0, 0.05) is 21.8 Å². The van der Waals surface area contributed by atoms with Gasteiger partial charge in [0.1, 0.15) is 0 Å². The van der Waals surface area contributed by atoms with E-state index in [9.17, 15) is 4.21 Å². The molecule has 2 unspecified atom stereocenters. The van der Waals surface area contributed by atoms with Crippen molar-refractivity contribution in [1.29, 1.82) is 0 Å². The van der Waals surface area contributed by atoms with Gasteiger partial charge in [-0.25, -0.2) is 0 Å². The minimum atomic E-state index is -0.743. The van der Waals surface area contributed by atoms with E-state index in [0.717, 1.165) is 30.1 Å². The predicted molar refractivity (Wildman–Crippen MR) is 104 cm³/mol. The lowest BCUT2D eigenvalue weighted by molar-refractivity contribution is 0.174. The molecule has 135 valence electrons. The van der Waals surface area contributed by atoms with Gasteiger partial charge in [0.15, 0.2) is 21.1 Å². The number of fused-ring (bicyclic) bond motifs is 1. The van der Waals surface area contributed by atoms with Gasteiger partial charge in [-0.3, -0.25) is 4.21 Å². The molecule has 1 aromatic carbocycles. The van der Waals surface area contributed by atoms with Crippen molar-refractivity contribution in [1.82, 2.24) is 0 Å². The molecule has 2 rings (SSSR count). The summed E-state index contributed by atoms with van der Waals surface area (Å²) in [5, 5.41) is 0.191. The molecule has 0 bridgehead atoms. The van der Waals surface area contributed by atoms with Crippen molar-refractivity contribution in [2.24, 2.45) is 0 Å². The Morgan fingerprint density at radius 2 is 1.79 bits per heavy atom. The number of hydrogen-bond donors (Lipinski definition) is 0. The summed E-state index contributed by atoms with van der Waals surface area (Å²) < 4.78 is 23.0. The van der Waals surface area contributed by atoms with Crippen molar-refractivity contribution in [2.45, 2.75) is 64.0 Å². The van der Waals surface area contributed by atoms with Crippen LogP contribution in [0, 0.1) is 0 Å². The fraction of sp³-hybridized carbons (Fsp3) is 0.667. The minimum Gasteiger partial charge on any atom is -0.454 e. The monoisotopic (exact) mass is 387 g/mol.